The van der Waals surface area contributed by atoms with Crippen LogP contribution < -0.4 is 9.62 Å². The van der Waals surface area contributed by atoms with Crippen molar-refractivity contribution in [1.29, 1.82) is 0 Å². The van der Waals surface area contributed by atoms with Crippen molar-refractivity contribution in [1.82, 2.24) is 9.88 Å². The third kappa shape index (κ3) is 4.33. The number of nitrogens with zero attached hydrogens (tertiary/aromatic N) is 3. The molecule has 0 bridgehead atoms. The van der Waals surface area contributed by atoms with Crippen LogP contribution in [0.15, 0.2) is 29.2 Å². The molecule has 11 heteroatoms. The van der Waals surface area contributed by atoms with Crippen LogP contribution in [-0.2, 0) is 10.0 Å². The van der Waals surface area contributed by atoms with Crippen LogP contribution in [0.4, 0.5) is 24.7 Å². The Morgan fingerprint density at radius 3 is 2.65 bits per heavy atom. The number of nitrogens with one attached hydrogen (secondary N) is 1. The Balaban J connectivity index is 1.64. The van der Waals surface area contributed by atoms with Gasteiger partial charge in [0.2, 0.25) is 5.95 Å². The average molecular weight is 475 g/mol. The molecule has 2 saturated heterocycles. The minimum absolute atomic E-state index is 0.0264. The number of hydrogen-bond donors (Lipinski definition) is 1. The Labute approximate surface area is 184 Å². The predicted molar refractivity (Wildman–Crippen MR) is 112 cm³/mol. The molecule has 2 fully saturated rings. The van der Waals surface area contributed by atoms with Gasteiger partial charge in [0, 0.05) is 31.1 Å². The van der Waals surface area contributed by atoms with Crippen molar-refractivity contribution in [3.63, 3.8) is 0 Å². The van der Waals surface area contributed by atoms with E-state index >= 15 is 4.39 Å². The number of aromatic nitrogens is 1. The summed E-state index contributed by atoms with van der Waals surface area (Å²) in [6.45, 7) is 3.08. The minimum Gasteiger partial charge on any atom is -0.370 e. The third-order valence-electron chi connectivity index (χ3n) is 5.95. The second-order valence-electron chi connectivity index (χ2n) is 8.30. The molecule has 0 aliphatic carbocycles. The molecule has 0 amide bonds. The average Bonchev–Trinajstić information content (AvgIpc) is 3.06. The van der Waals surface area contributed by atoms with Gasteiger partial charge in [0.25, 0.3) is 10.0 Å². The van der Waals surface area contributed by atoms with Crippen LogP contribution in [-0.4, -0.2) is 51.5 Å². The van der Waals surface area contributed by atoms with Crippen molar-refractivity contribution in [3.05, 3.63) is 46.9 Å². The van der Waals surface area contributed by atoms with Gasteiger partial charge in [-0.3, -0.25) is 4.72 Å². The second kappa shape index (κ2) is 8.14. The smallest absolute Gasteiger partial charge is 0.268 e. The summed E-state index contributed by atoms with van der Waals surface area (Å²) in [4.78, 5) is 6.19. The fraction of sp³-hybridized carbons (Fsp3) is 0.450. The summed E-state index contributed by atoms with van der Waals surface area (Å²) in [7, 11) is -2.68. The second-order valence-corrected chi connectivity index (χ2v) is 10.3. The molecule has 1 spiro atoms. The fourth-order valence-corrected chi connectivity index (χ4v) is 6.09. The first kappa shape index (κ1) is 22.2. The zero-order valence-electron chi connectivity index (χ0n) is 16.8. The zero-order chi connectivity index (χ0) is 22.4. The van der Waals surface area contributed by atoms with E-state index in [1.165, 1.54) is 6.07 Å². The van der Waals surface area contributed by atoms with E-state index in [1.54, 1.807) is 0 Å². The van der Waals surface area contributed by atoms with Crippen molar-refractivity contribution >= 4 is 33.1 Å². The highest BCUT2D eigenvalue weighted by atomic mass is 35.5. The zero-order valence-corrected chi connectivity index (χ0v) is 18.4. The summed E-state index contributed by atoms with van der Waals surface area (Å²) < 4.78 is 70.2. The van der Waals surface area contributed by atoms with Crippen LogP contribution in [0.25, 0.3) is 0 Å². The number of likely N-dealkylation sites (tertiary alicyclic amines) is 1. The van der Waals surface area contributed by atoms with Gasteiger partial charge in [-0.15, -0.1) is 0 Å². The summed E-state index contributed by atoms with van der Waals surface area (Å²) in [5.74, 6) is -4.00. The molecule has 2 aliphatic rings. The normalized spacial score (nSPS) is 22.3. The lowest BCUT2D eigenvalue weighted by Crippen LogP contribution is -2.43. The maximum atomic E-state index is 15.0. The van der Waals surface area contributed by atoms with Crippen LogP contribution in [0.5, 0.6) is 0 Å². The van der Waals surface area contributed by atoms with Crippen molar-refractivity contribution < 1.29 is 21.6 Å². The lowest BCUT2D eigenvalue weighted by molar-refractivity contribution is 0.128. The SMILES string of the molecule is CN1CCC[C@]2(CCN(c3cc(F)c(S(=O)(=O)Nc4cccc(F)n4)c(F)c3Cl)C2)C1. The van der Waals surface area contributed by atoms with Gasteiger partial charge < -0.3 is 9.80 Å². The van der Waals surface area contributed by atoms with Crippen molar-refractivity contribution in [3.8, 4) is 0 Å². The molecule has 1 N–H and O–H groups in total. The number of benzene rings is 1. The lowest BCUT2D eigenvalue weighted by Gasteiger charge is -2.38. The summed E-state index contributed by atoms with van der Waals surface area (Å²) in [5.41, 5.74) is 0.156. The van der Waals surface area contributed by atoms with Gasteiger partial charge in [-0.1, -0.05) is 17.7 Å². The van der Waals surface area contributed by atoms with Crippen molar-refractivity contribution in [2.45, 2.75) is 24.2 Å². The van der Waals surface area contributed by atoms with E-state index in [0.29, 0.717) is 13.1 Å². The van der Waals surface area contributed by atoms with Crippen LogP contribution >= 0.6 is 11.6 Å². The number of anilines is 2. The number of piperidine rings is 1. The number of halogens is 4. The first-order chi connectivity index (χ1) is 14.6. The molecule has 2 aliphatic heterocycles. The van der Waals surface area contributed by atoms with Gasteiger partial charge in [0.1, 0.15) is 16.7 Å². The Hall–Kier alpha value is -2.04. The molecular formula is C20H22ClF3N4O2S. The monoisotopic (exact) mass is 474 g/mol. The molecule has 1 aromatic heterocycles. The summed E-state index contributed by atoms with van der Waals surface area (Å²) in [6.07, 6.45) is 2.94. The highest BCUT2D eigenvalue weighted by Crippen LogP contribution is 2.43. The van der Waals surface area contributed by atoms with Gasteiger partial charge in [-0.05, 0) is 45.0 Å². The Kier molecular flexibility index (Phi) is 5.82. The molecule has 2 aromatic rings. The van der Waals surface area contributed by atoms with Crippen molar-refractivity contribution in [2.24, 2.45) is 5.41 Å². The highest BCUT2D eigenvalue weighted by molar-refractivity contribution is 7.92. The van der Waals surface area contributed by atoms with E-state index in [9.17, 15) is 17.2 Å². The summed E-state index contributed by atoms with van der Waals surface area (Å²) >= 11 is 6.18. The lowest BCUT2D eigenvalue weighted by atomic mass is 9.79. The van der Waals surface area contributed by atoms with Gasteiger partial charge in [0.05, 0.1) is 5.69 Å². The van der Waals surface area contributed by atoms with E-state index < -0.39 is 43.3 Å². The van der Waals surface area contributed by atoms with Gasteiger partial charge in [-0.2, -0.15) is 4.39 Å². The van der Waals surface area contributed by atoms with Crippen LogP contribution in [0.1, 0.15) is 19.3 Å². The molecule has 0 saturated carbocycles. The molecule has 4 rings (SSSR count). The number of hydrogen-bond acceptors (Lipinski definition) is 5. The third-order valence-corrected chi connectivity index (χ3v) is 7.70. The summed E-state index contributed by atoms with van der Waals surface area (Å²) in [5, 5.41) is -0.463. The molecule has 168 valence electrons. The first-order valence-electron chi connectivity index (χ1n) is 9.87. The van der Waals surface area contributed by atoms with Crippen LogP contribution in [0.2, 0.25) is 5.02 Å². The standard InChI is InChI=1S/C20H22ClF3N4O2S/c1-27-8-3-6-20(11-27)7-9-28(12-20)14-10-13(22)19(18(24)17(14)21)31(29,30)26-16-5-2-4-15(23)25-16/h2,4-5,10H,3,6-9,11-12H2,1H3,(H,25,26)/t20-/m0/s1. The Morgan fingerprint density at radius 1 is 1.16 bits per heavy atom. The van der Waals surface area contributed by atoms with E-state index in [2.05, 4.69) is 16.9 Å². The van der Waals surface area contributed by atoms with E-state index in [-0.39, 0.29) is 11.1 Å². The Morgan fingerprint density at radius 2 is 1.94 bits per heavy atom. The molecule has 0 radical (unpaired) electrons. The fourth-order valence-electron chi connectivity index (χ4n) is 4.62. The maximum Gasteiger partial charge on any atom is 0.268 e. The quantitative estimate of drug-likeness (QED) is 0.538. The predicted octanol–water partition coefficient (Wildman–Crippen LogP) is 3.88. The van der Waals surface area contributed by atoms with E-state index in [0.717, 1.165) is 50.6 Å². The van der Waals surface area contributed by atoms with Crippen LogP contribution in [0, 0.1) is 23.0 Å². The number of sulfonamides is 1. The van der Waals surface area contributed by atoms with Gasteiger partial charge >= 0.3 is 0 Å². The molecule has 1 atom stereocenters. The van der Waals surface area contributed by atoms with E-state index in [1.807, 2.05) is 9.62 Å². The largest absolute Gasteiger partial charge is 0.370 e. The van der Waals surface area contributed by atoms with Crippen LogP contribution in [0.3, 0.4) is 0 Å². The first-order valence-corrected chi connectivity index (χ1v) is 11.7. The van der Waals surface area contributed by atoms with E-state index in [4.69, 9.17) is 11.6 Å². The highest BCUT2D eigenvalue weighted by Gasteiger charge is 2.42. The summed E-state index contributed by atoms with van der Waals surface area (Å²) in [6, 6.07) is 4.34. The number of pyridine rings is 1. The molecule has 0 unspecified atom stereocenters. The van der Waals surface area contributed by atoms with Gasteiger partial charge in [0.15, 0.2) is 10.7 Å². The topological polar surface area (TPSA) is 65.5 Å². The molecular weight excluding hydrogens is 453 g/mol. The molecule has 3 heterocycles. The molecule has 1 aromatic carbocycles. The maximum absolute atomic E-state index is 15.0. The van der Waals surface area contributed by atoms with Crippen molar-refractivity contribution in [2.75, 3.05) is 42.8 Å². The molecule has 6 nitrogen and oxygen atoms in total. The van der Waals surface area contributed by atoms with Gasteiger partial charge in [-0.25, -0.2) is 22.2 Å². The molecule has 31 heavy (non-hydrogen) atoms. The number of rotatable bonds is 4. The minimum atomic E-state index is -4.73. The Bertz CT molecular complexity index is 1120.